The Kier molecular flexibility index (Phi) is 8.11. The minimum atomic E-state index is -0.429. The van der Waals surface area contributed by atoms with Gasteiger partial charge >= 0.3 is 5.97 Å². The Balaban J connectivity index is 2.12. The van der Waals surface area contributed by atoms with Crippen LogP contribution in [0.15, 0.2) is 36.4 Å². The van der Waals surface area contributed by atoms with Crippen LogP contribution >= 0.6 is 23.2 Å². The van der Waals surface area contributed by atoms with Crippen LogP contribution in [0, 0.1) is 6.92 Å². The van der Waals surface area contributed by atoms with Gasteiger partial charge < -0.3 is 14.8 Å². The number of methoxy groups -OCH3 is 2. The molecule has 0 heterocycles. The molecule has 0 radical (unpaired) electrons. The van der Waals surface area contributed by atoms with Crippen LogP contribution in [-0.2, 0) is 20.9 Å². The summed E-state index contributed by atoms with van der Waals surface area (Å²) in [5.41, 5.74) is 2.24. The first kappa shape index (κ1) is 22.0. The van der Waals surface area contributed by atoms with Gasteiger partial charge in [0.05, 0.1) is 33.0 Å². The Bertz CT molecular complexity index is 841. The number of hydrogen-bond acceptors (Lipinski definition) is 5. The maximum Gasteiger partial charge on any atom is 0.319 e. The van der Waals surface area contributed by atoms with E-state index in [1.165, 1.54) is 14.2 Å². The number of anilines is 1. The maximum atomic E-state index is 12.6. The van der Waals surface area contributed by atoms with Gasteiger partial charge in [0.2, 0.25) is 5.91 Å². The third kappa shape index (κ3) is 6.41. The lowest BCUT2D eigenvalue weighted by Gasteiger charge is -2.21. The highest BCUT2D eigenvalue weighted by atomic mass is 35.5. The summed E-state index contributed by atoms with van der Waals surface area (Å²) in [6, 6.07) is 10.6. The number of esters is 1. The summed E-state index contributed by atoms with van der Waals surface area (Å²) in [5.74, 6) is -0.263. The lowest BCUT2D eigenvalue weighted by molar-refractivity contribution is -0.142. The number of amides is 1. The SMILES string of the molecule is COC(=O)CN(CC(=O)Nc1cc(C)c(Cl)cc1OC)Cc1ccc(Cl)cc1. The van der Waals surface area contributed by atoms with Crippen LogP contribution in [0.3, 0.4) is 0 Å². The smallest absolute Gasteiger partial charge is 0.319 e. The number of nitrogens with zero attached hydrogens (tertiary/aromatic N) is 1. The van der Waals surface area contributed by atoms with Gasteiger partial charge in [-0.15, -0.1) is 0 Å². The first-order valence-corrected chi connectivity index (χ1v) is 9.25. The largest absolute Gasteiger partial charge is 0.495 e. The molecule has 0 unspecified atom stereocenters. The van der Waals surface area contributed by atoms with Crippen LogP contribution in [0.25, 0.3) is 0 Å². The molecule has 0 saturated carbocycles. The molecule has 0 aliphatic heterocycles. The summed E-state index contributed by atoms with van der Waals surface area (Å²) in [6.45, 7) is 2.18. The lowest BCUT2D eigenvalue weighted by atomic mass is 10.2. The van der Waals surface area contributed by atoms with Crippen LogP contribution in [-0.4, -0.2) is 44.1 Å². The van der Waals surface area contributed by atoms with Crippen LogP contribution in [0.1, 0.15) is 11.1 Å². The van der Waals surface area contributed by atoms with Crippen molar-refractivity contribution >= 4 is 40.8 Å². The van der Waals surface area contributed by atoms with E-state index >= 15 is 0 Å². The van der Waals surface area contributed by atoms with Crippen LogP contribution in [0.4, 0.5) is 5.69 Å². The molecular weight excluding hydrogens is 403 g/mol. The summed E-state index contributed by atoms with van der Waals surface area (Å²) in [6.07, 6.45) is 0. The molecule has 0 fully saturated rings. The van der Waals surface area contributed by atoms with Crippen LogP contribution < -0.4 is 10.1 Å². The highest BCUT2D eigenvalue weighted by Gasteiger charge is 2.17. The first-order valence-electron chi connectivity index (χ1n) is 8.50. The van der Waals surface area contributed by atoms with E-state index in [2.05, 4.69) is 5.32 Å². The number of halogens is 2. The van der Waals surface area contributed by atoms with Crippen molar-refractivity contribution < 1.29 is 19.1 Å². The van der Waals surface area contributed by atoms with Gasteiger partial charge in [-0.3, -0.25) is 14.5 Å². The number of carbonyl (C=O) groups excluding carboxylic acids is 2. The van der Waals surface area contributed by atoms with E-state index in [0.29, 0.717) is 28.0 Å². The van der Waals surface area contributed by atoms with Crippen molar-refractivity contribution in [3.8, 4) is 5.75 Å². The number of aryl methyl sites for hydroxylation is 1. The zero-order valence-electron chi connectivity index (χ0n) is 15.9. The predicted octanol–water partition coefficient (Wildman–Crippen LogP) is 3.92. The van der Waals surface area contributed by atoms with Gasteiger partial charge in [-0.25, -0.2) is 0 Å². The lowest BCUT2D eigenvalue weighted by Crippen LogP contribution is -2.37. The molecule has 2 rings (SSSR count). The topological polar surface area (TPSA) is 67.9 Å². The van der Waals surface area contributed by atoms with Gasteiger partial charge in [0.25, 0.3) is 0 Å². The Hall–Kier alpha value is -2.28. The van der Waals surface area contributed by atoms with Gasteiger partial charge in [-0.05, 0) is 36.2 Å². The van der Waals surface area contributed by atoms with Gasteiger partial charge in [-0.1, -0.05) is 35.3 Å². The molecule has 0 atom stereocenters. The molecular formula is C20H22Cl2N2O4. The molecule has 2 aromatic rings. The molecule has 0 aliphatic carbocycles. The van der Waals surface area contributed by atoms with Crippen molar-refractivity contribution in [3.05, 3.63) is 57.6 Å². The molecule has 0 spiro atoms. The zero-order chi connectivity index (χ0) is 20.7. The normalized spacial score (nSPS) is 10.6. The molecule has 0 saturated heterocycles. The van der Waals surface area contributed by atoms with Gasteiger partial charge in [0.15, 0.2) is 0 Å². The van der Waals surface area contributed by atoms with Crippen molar-refractivity contribution in [1.82, 2.24) is 4.90 Å². The monoisotopic (exact) mass is 424 g/mol. The van der Waals surface area contributed by atoms with Crippen molar-refractivity contribution in [2.45, 2.75) is 13.5 Å². The summed E-state index contributed by atoms with van der Waals surface area (Å²) >= 11 is 12.0. The van der Waals surface area contributed by atoms with Gasteiger partial charge in [0, 0.05) is 22.7 Å². The standard InChI is InChI=1S/C20H22Cl2N2O4/c1-13-8-17(18(27-2)9-16(13)22)23-19(25)11-24(12-20(26)28-3)10-14-4-6-15(21)7-5-14/h4-9H,10-12H2,1-3H3,(H,23,25). The summed E-state index contributed by atoms with van der Waals surface area (Å²) < 4.78 is 10.0. The Morgan fingerprint density at radius 2 is 1.75 bits per heavy atom. The van der Waals surface area contributed by atoms with E-state index in [1.807, 2.05) is 19.1 Å². The molecule has 1 N–H and O–H groups in total. The highest BCUT2D eigenvalue weighted by Crippen LogP contribution is 2.30. The van der Waals surface area contributed by atoms with E-state index in [4.69, 9.17) is 32.7 Å². The predicted molar refractivity (Wildman–Crippen MR) is 110 cm³/mol. The average Bonchev–Trinajstić information content (AvgIpc) is 2.66. The first-order chi connectivity index (χ1) is 13.3. The summed E-state index contributed by atoms with van der Waals surface area (Å²) in [5, 5.41) is 3.97. The van der Waals surface area contributed by atoms with Gasteiger partial charge in [-0.2, -0.15) is 0 Å². The average molecular weight is 425 g/mol. The number of rotatable bonds is 8. The fourth-order valence-electron chi connectivity index (χ4n) is 2.59. The number of hydrogen-bond donors (Lipinski definition) is 1. The molecule has 8 heteroatoms. The second kappa shape index (κ2) is 10.3. The summed E-state index contributed by atoms with van der Waals surface area (Å²) in [4.78, 5) is 26.0. The van der Waals surface area contributed by atoms with Crippen LogP contribution in [0.2, 0.25) is 10.0 Å². The second-order valence-corrected chi connectivity index (χ2v) is 7.04. The minimum Gasteiger partial charge on any atom is -0.495 e. The molecule has 6 nitrogen and oxygen atoms in total. The molecule has 0 aromatic heterocycles. The number of nitrogens with one attached hydrogen (secondary N) is 1. The molecule has 0 aliphatic rings. The number of benzene rings is 2. The van der Waals surface area contributed by atoms with E-state index in [1.54, 1.807) is 29.2 Å². The quantitative estimate of drug-likeness (QED) is 0.650. The Labute approximate surface area is 174 Å². The highest BCUT2D eigenvalue weighted by molar-refractivity contribution is 6.31. The van der Waals surface area contributed by atoms with Crippen molar-refractivity contribution in [2.75, 3.05) is 32.6 Å². The second-order valence-electron chi connectivity index (χ2n) is 6.20. The molecule has 2 aromatic carbocycles. The maximum absolute atomic E-state index is 12.6. The Morgan fingerprint density at radius 1 is 1.07 bits per heavy atom. The van der Waals surface area contributed by atoms with E-state index < -0.39 is 5.97 Å². The van der Waals surface area contributed by atoms with Crippen molar-refractivity contribution in [1.29, 1.82) is 0 Å². The van der Waals surface area contributed by atoms with E-state index in [-0.39, 0.29) is 19.0 Å². The van der Waals surface area contributed by atoms with E-state index in [9.17, 15) is 9.59 Å². The molecule has 28 heavy (non-hydrogen) atoms. The van der Waals surface area contributed by atoms with E-state index in [0.717, 1.165) is 11.1 Å². The fraction of sp³-hybridized carbons (Fsp3) is 0.300. The van der Waals surface area contributed by atoms with Gasteiger partial charge in [0.1, 0.15) is 5.75 Å². The minimum absolute atomic E-state index is 0.0114. The third-order valence-electron chi connectivity index (χ3n) is 4.02. The molecule has 150 valence electrons. The van der Waals surface area contributed by atoms with Crippen molar-refractivity contribution in [3.63, 3.8) is 0 Å². The number of ether oxygens (including phenoxy) is 2. The molecule has 0 bridgehead atoms. The van der Waals surface area contributed by atoms with Crippen molar-refractivity contribution in [2.24, 2.45) is 0 Å². The van der Waals surface area contributed by atoms with Crippen LogP contribution in [0.5, 0.6) is 5.75 Å². The molecule has 1 amide bonds. The Morgan fingerprint density at radius 3 is 2.36 bits per heavy atom. The fourth-order valence-corrected chi connectivity index (χ4v) is 2.87. The zero-order valence-corrected chi connectivity index (χ0v) is 17.4. The number of carbonyl (C=O) groups is 2. The third-order valence-corrected chi connectivity index (χ3v) is 4.68. The summed E-state index contributed by atoms with van der Waals surface area (Å²) in [7, 11) is 2.81.